The molecule has 110 valence electrons. The van der Waals surface area contributed by atoms with E-state index >= 15 is 0 Å². The molecule has 0 aliphatic rings. The second kappa shape index (κ2) is 8.01. The summed E-state index contributed by atoms with van der Waals surface area (Å²) in [4.78, 5) is 15.3. The SMILES string of the molecule is NC(=O)c1ccccc1NCCCNCc1cccnc1. The van der Waals surface area contributed by atoms with Crippen LogP contribution in [0.4, 0.5) is 5.69 Å². The number of primary amides is 1. The third-order valence-corrected chi connectivity index (χ3v) is 3.09. The van der Waals surface area contributed by atoms with Crippen LogP contribution in [-0.2, 0) is 6.54 Å². The first-order chi connectivity index (χ1) is 10.3. The van der Waals surface area contributed by atoms with E-state index in [0.29, 0.717) is 5.56 Å². The third kappa shape index (κ3) is 4.89. The van der Waals surface area contributed by atoms with Gasteiger partial charge in [0.2, 0.25) is 0 Å². The molecule has 0 bridgehead atoms. The number of carbonyl (C=O) groups excluding carboxylic acids is 1. The lowest BCUT2D eigenvalue weighted by Crippen LogP contribution is -2.19. The number of nitrogens with zero attached hydrogens (tertiary/aromatic N) is 1. The van der Waals surface area contributed by atoms with Gasteiger partial charge in [0, 0.05) is 31.2 Å². The van der Waals surface area contributed by atoms with E-state index in [4.69, 9.17) is 5.73 Å². The fourth-order valence-electron chi connectivity index (χ4n) is 2.02. The van der Waals surface area contributed by atoms with Gasteiger partial charge in [-0.1, -0.05) is 18.2 Å². The summed E-state index contributed by atoms with van der Waals surface area (Å²) in [6, 6.07) is 11.3. The van der Waals surface area contributed by atoms with E-state index in [1.54, 1.807) is 18.3 Å². The molecule has 4 N–H and O–H groups in total. The first-order valence-corrected chi connectivity index (χ1v) is 6.99. The van der Waals surface area contributed by atoms with Gasteiger partial charge in [-0.2, -0.15) is 0 Å². The minimum atomic E-state index is -0.409. The molecule has 1 heterocycles. The van der Waals surface area contributed by atoms with Crippen molar-refractivity contribution in [3.05, 3.63) is 59.9 Å². The number of para-hydroxylation sites is 1. The predicted molar refractivity (Wildman–Crippen MR) is 84.0 cm³/mol. The molecule has 5 nitrogen and oxygen atoms in total. The topological polar surface area (TPSA) is 80.0 Å². The van der Waals surface area contributed by atoms with Crippen molar-refractivity contribution in [3.63, 3.8) is 0 Å². The van der Waals surface area contributed by atoms with Gasteiger partial charge < -0.3 is 16.4 Å². The minimum absolute atomic E-state index is 0.409. The van der Waals surface area contributed by atoms with Crippen LogP contribution in [0.1, 0.15) is 22.3 Å². The number of benzene rings is 1. The van der Waals surface area contributed by atoms with E-state index in [1.165, 1.54) is 5.56 Å². The molecule has 21 heavy (non-hydrogen) atoms. The quantitative estimate of drug-likeness (QED) is 0.645. The van der Waals surface area contributed by atoms with Crippen LogP contribution >= 0.6 is 0 Å². The summed E-state index contributed by atoms with van der Waals surface area (Å²) >= 11 is 0. The van der Waals surface area contributed by atoms with Crippen LogP contribution in [0.2, 0.25) is 0 Å². The third-order valence-electron chi connectivity index (χ3n) is 3.09. The number of aromatic nitrogens is 1. The number of rotatable bonds is 8. The van der Waals surface area contributed by atoms with E-state index < -0.39 is 5.91 Å². The summed E-state index contributed by atoms with van der Waals surface area (Å²) in [6.07, 6.45) is 4.57. The Bertz CT molecular complexity index is 571. The van der Waals surface area contributed by atoms with Gasteiger partial charge in [0.1, 0.15) is 0 Å². The first kappa shape index (κ1) is 15.0. The van der Waals surface area contributed by atoms with Crippen LogP contribution < -0.4 is 16.4 Å². The Morgan fingerprint density at radius 2 is 2.00 bits per heavy atom. The largest absolute Gasteiger partial charge is 0.384 e. The van der Waals surface area contributed by atoms with Crippen LogP contribution in [0.15, 0.2) is 48.8 Å². The van der Waals surface area contributed by atoms with Gasteiger partial charge in [-0.25, -0.2) is 0 Å². The maximum Gasteiger partial charge on any atom is 0.250 e. The maximum absolute atomic E-state index is 11.3. The van der Waals surface area contributed by atoms with E-state index in [-0.39, 0.29) is 0 Å². The highest BCUT2D eigenvalue weighted by atomic mass is 16.1. The highest BCUT2D eigenvalue weighted by Crippen LogP contribution is 2.13. The second-order valence-electron chi connectivity index (χ2n) is 4.73. The highest BCUT2D eigenvalue weighted by molar-refractivity contribution is 5.98. The van der Waals surface area contributed by atoms with Gasteiger partial charge in [0.15, 0.2) is 0 Å². The summed E-state index contributed by atoms with van der Waals surface area (Å²) in [5.74, 6) is -0.409. The zero-order chi connectivity index (χ0) is 14.9. The molecule has 0 unspecified atom stereocenters. The number of hydrogen-bond donors (Lipinski definition) is 3. The van der Waals surface area contributed by atoms with Crippen molar-refractivity contribution >= 4 is 11.6 Å². The molecule has 0 radical (unpaired) electrons. The van der Waals surface area contributed by atoms with Crippen LogP contribution in [0.25, 0.3) is 0 Å². The lowest BCUT2D eigenvalue weighted by Gasteiger charge is -2.10. The number of nitrogens with one attached hydrogen (secondary N) is 2. The van der Waals surface area contributed by atoms with Gasteiger partial charge in [-0.05, 0) is 36.7 Å². The molecule has 1 aromatic carbocycles. The monoisotopic (exact) mass is 284 g/mol. The zero-order valence-corrected chi connectivity index (χ0v) is 11.9. The molecule has 0 spiro atoms. The van der Waals surface area contributed by atoms with E-state index in [0.717, 1.165) is 31.7 Å². The highest BCUT2D eigenvalue weighted by Gasteiger charge is 2.05. The van der Waals surface area contributed by atoms with Gasteiger partial charge in [-0.3, -0.25) is 9.78 Å². The van der Waals surface area contributed by atoms with Crippen molar-refractivity contribution in [2.45, 2.75) is 13.0 Å². The predicted octanol–water partition coefficient (Wildman–Crippen LogP) is 1.77. The molecule has 0 saturated heterocycles. The average molecular weight is 284 g/mol. The second-order valence-corrected chi connectivity index (χ2v) is 4.73. The van der Waals surface area contributed by atoms with Gasteiger partial charge in [0.05, 0.1) is 5.56 Å². The normalized spacial score (nSPS) is 10.3. The van der Waals surface area contributed by atoms with Crippen molar-refractivity contribution in [3.8, 4) is 0 Å². The molecule has 1 amide bonds. The molecule has 0 saturated carbocycles. The lowest BCUT2D eigenvalue weighted by atomic mass is 10.1. The molecular weight excluding hydrogens is 264 g/mol. The average Bonchev–Trinajstić information content (AvgIpc) is 2.52. The summed E-state index contributed by atoms with van der Waals surface area (Å²) in [6.45, 7) is 2.48. The molecule has 5 heteroatoms. The molecule has 0 aliphatic carbocycles. The van der Waals surface area contributed by atoms with E-state index in [2.05, 4.69) is 15.6 Å². The van der Waals surface area contributed by atoms with Gasteiger partial charge >= 0.3 is 0 Å². The van der Waals surface area contributed by atoms with Crippen molar-refractivity contribution < 1.29 is 4.79 Å². The van der Waals surface area contributed by atoms with Crippen molar-refractivity contribution in [2.75, 3.05) is 18.4 Å². The number of amides is 1. The number of anilines is 1. The fourth-order valence-corrected chi connectivity index (χ4v) is 2.02. The Hall–Kier alpha value is -2.40. The molecule has 2 aromatic rings. The van der Waals surface area contributed by atoms with Crippen LogP contribution in [0.5, 0.6) is 0 Å². The van der Waals surface area contributed by atoms with E-state index in [9.17, 15) is 4.79 Å². The number of carbonyl (C=O) groups is 1. The maximum atomic E-state index is 11.3. The molecule has 0 atom stereocenters. The van der Waals surface area contributed by atoms with Crippen molar-refractivity contribution in [1.29, 1.82) is 0 Å². The minimum Gasteiger partial charge on any atom is -0.384 e. The fraction of sp³-hybridized carbons (Fsp3) is 0.250. The number of pyridine rings is 1. The van der Waals surface area contributed by atoms with Crippen molar-refractivity contribution in [1.82, 2.24) is 10.3 Å². The van der Waals surface area contributed by atoms with Crippen LogP contribution in [0.3, 0.4) is 0 Å². The standard InChI is InChI=1S/C16H20N4O/c17-16(21)14-6-1-2-7-15(14)20-10-4-9-19-12-13-5-3-8-18-11-13/h1-3,5-8,11,19-20H,4,9-10,12H2,(H2,17,21). The Morgan fingerprint density at radius 3 is 2.76 bits per heavy atom. The Kier molecular flexibility index (Phi) is 5.72. The van der Waals surface area contributed by atoms with Crippen LogP contribution in [0, 0.1) is 0 Å². The smallest absolute Gasteiger partial charge is 0.250 e. The summed E-state index contributed by atoms with van der Waals surface area (Å²) in [5, 5.41) is 6.59. The number of nitrogens with two attached hydrogens (primary N) is 1. The van der Waals surface area contributed by atoms with Crippen molar-refractivity contribution in [2.24, 2.45) is 5.73 Å². The molecule has 0 fully saturated rings. The number of hydrogen-bond acceptors (Lipinski definition) is 4. The van der Waals surface area contributed by atoms with Crippen LogP contribution in [-0.4, -0.2) is 24.0 Å². The van der Waals surface area contributed by atoms with Gasteiger partial charge in [-0.15, -0.1) is 0 Å². The summed E-state index contributed by atoms with van der Waals surface area (Å²) in [5.41, 5.74) is 7.82. The van der Waals surface area contributed by atoms with Gasteiger partial charge in [0.25, 0.3) is 5.91 Å². The zero-order valence-electron chi connectivity index (χ0n) is 11.9. The molecule has 0 aliphatic heterocycles. The summed E-state index contributed by atoms with van der Waals surface area (Å²) in [7, 11) is 0. The Morgan fingerprint density at radius 1 is 1.14 bits per heavy atom. The first-order valence-electron chi connectivity index (χ1n) is 6.99. The molecule has 1 aromatic heterocycles. The summed E-state index contributed by atoms with van der Waals surface area (Å²) < 4.78 is 0. The molecular formula is C16H20N4O. The van der Waals surface area contributed by atoms with E-state index in [1.807, 2.05) is 30.5 Å². The lowest BCUT2D eigenvalue weighted by molar-refractivity contribution is 0.100. The molecule has 2 rings (SSSR count). The Balaban J connectivity index is 1.67. The Labute approximate surface area is 124 Å².